The van der Waals surface area contributed by atoms with E-state index >= 15 is 0 Å². The van der Waals surface area contributed by atoms with Gasteiger partial charge in [0, 0.05) is 13.6 Å². The first kappa shape index (κ1) is 16.6. The third-order valence-corrected chi connectivity index (χ3v) is 6.36. The van der Waals surface area contributed by atoms with Gasteiger partial charge < -0.3 is 15.4 Å². The van der Waals surface area contributed by atoms with Gasteiger partial charge in [-0.15, -0.1) is 24.0 Å². The van der Waals surface area contributed by atoms with Crippen LogP contribution < -0.4 is 10.6 Å². The van der Waals surface area contributed by atoms with Crippen molar-refractivity contribution < 1.29 is 4.74 Å². The molecule has 2 bridgehead atoms. The number of guanidine groups is 1. The third kappa shape index (κ3) is 2.73. The fourth-order valence-electron chi connectivity index (χ4n) is 5.14. The number of rotatable bonds is 3. The first-order valence-electron chi connectivity index (χ1n) is 9.04. The standard InChI is InChI=1S/C19H25N3O.HI/c1-20-19(22-16-9-12-6-7-17(16)23-12)21-10-15-14-8-11-4-2-3-5-13(11)18(14)15;/h2-5,12,14-18H,6-10H2,1H3,(H2,20,21,22);1H. The lowest BCUT2D eigenvalue weighted by Gasteiger charge is -2.23. The molecule has 3 fully saturated rings. The first-order chi connectivity index (χ1) is 11.3. The lowest BCUT2D eigenvalue weighted by Crippen LogP contribution is -2.48. The Kier molecular flexibility index (Phi) is 4.49. The topological polar surface area (TPSA) is 45.7 Å². The van der Waals surface area contributed by atoms with E-state index in [-0.39, 0.29) is 24.0 Å². The third-order valence-electron chi connectivity index (χ3n) is 6.36. The molecule has 5 heteroatoms. The second-order valence-electron chi connectivity index (χ2n) is 7.57. The Bertz CT molecular complexity index is 649. The maximum absolute atomic E-state index is 5.92. The Morgan fingerprint density at radius 3 is 2.92 bits per heavy atom. The monoisotopic (exact) mass is 439 g/mol. The SMILES string of the molecule is CN=C(NCC1C2Cc3ccccc3C12)NC1CC2CCC1O2.I. The van der Waals surface area contributed by atoms with Crippen molar-refractivity contribution in [2.24, 2.45) is 16.8 Å². The number of ether oxygens (including phenoxy) is 1. The van der Waals surface area contributed by atoms with Crippen LogP contribution in [0.1, 0.15) is 36.3 Å². The van der Waals surface area contributed by atoms with Crippen LogP contribution in [0.25, 0.3) is 0 Å². The van der Waals surface area contributed by atoms with Gasteiger partial charge in [-0.05, 0) is 54.6 Å². The van der Waals surface area contributed by atoms with E-state index in [1.165, 1.54) is 19.3 Å². The van der Waals surface area contributed by atoms with Gasteiger partial charge in [0.1, 0.15) is 0 Å². The highest BCUT2D eigenvalue weighted by Gasteiger charge is 2.55. The average Bonchev–Trinajstić information content (AvgIpc) is 2.97. The zero-order valence-electron chi connectivity index (χ0n) is 14.1. The molecule has 0 spiro atoms. The quantitative estimate of drug-likeness (QED) is 0.433. The predicted octanol–water partition coefficient (Wildman–Crippen LogP) is 2.68. The van der Waals surface area contributed by atoms with E-state index in [1.807, 2.05) is 7.05 Å². The molecule has 0 radical (unpaired) electrons. The number of nitrogens with zero attached hydrogens (tertiary/aromatic N) is 1. The molecule has 5 rings (SSSR count). The molecular weight excluding hydrogens is 413 g/mol. The highest BCUT2D eigenvalue weighted by atomic mass is 127. The van der Waals surface area contributed by atoms with E-state index < -0.39 is 0 Å². The summed E-state index contributed by atoms with van der Waals surface area (Å²) < 4.78 is 5.92. The summed E-state index contributed by atoms with van der Waals surface area (Å²) in [5, 5.41) is 7.14. The molecule has 2 aliphatic carbocycles. The molecule has 2 saturated heterocycles. The molecule has 24 heavy (non-hydrogen) atoms. The molecule has 1 saturated carbocycles. The minimum absolute atomic E-state index is 0. The van der Waals surface area contributed by atoms with Crippen molar-refractivity contribution >= 4 is 29.9 Å². The largest absolute Gasteiger partial charge is 0.373 e. The molecule has 2 N–H and O–H groups in total. The van der Waals surface area contributed by atoms with Gasteiger partial charge in [-0.25, -0.2) is 0 Å². The van der Waals surface area contributed by atoms with E-state index in [0.29, 0.717) is 18.2 Å². The van der Waals surface area contributed by atoms with Crippen LogP contribution in [-0.4, -0.2) is 37.8 Å². The maximum Gasteiger partial charge on any atom is 0.191 e. The van der Waals surface area contributed by atoms with Crippen LogP contribution in [0.4, 0.5) is 0 Å². The van der Waals surface area contributed by atoms with Crippen molar-refractivity contribution in [2.45, 2.75) is 49.9 Å². The molecule has 2 heterocycles. The Hall–Kier alpha value is -0.820. The van der Waals surface area contributed by atoms with E-state index in [2.05, 4.69) is 39.9 Å². The summed E-state index contributed by atoms with van der Waals surface area (Å²) in [5.41, 5.74) is 3.16. The number of nitrogens with one attached hydrogen (secondary N) is 2. The smallest absolute Gasteiger partial charge is 0.191 e. The van der Waals surface area contributed by atoms with Gasteiger partial charge in [0.2, 0.25) is 0 Å². The highest BCUT2D eigenvalue weighted by molar-refractivity contribution is 14.0. The first-order valence-corrected chi connectivity index (χ1v) is 9.04. The van der Waals surface area contributed by atoms with Crippen molar-refractivity contribution in [3.63, 3.8) is 0 Å². The normalized spacial score (nSPS) is 38.3. The molecule has 1 aromatic carbocycles. The zero-order valence-corrected chi connectivity index (χ0v) is 16.4. The number of fused-ring (bicyclic) bond motifs is 5. The lowest BCUT2D eigenvalue weighted by molar-refractivity contribution is 0.0992. The average molecular weight is 439 g/mol. The van der Waals surface area contributed by atoms with Gasteiger partial charge in [-0.2, -0.15) is 0 Å². The zero-order chi connectivity index (χ0) is 15.4. The van der Waals surface area contributed by atoms with Crippen LogP contribution in [0.15, 0.2) is 29.3 Å². The van der Waals surface area contributed by atoms with Crippen molar-refractivity contribution in [3.8, 4) is 0 Å². The molecule has 4 nitrogen and oxygen atoms in total. The molecule has 130 valence electrons. The highest BCUT2D eigenvalue weighted by Crippen LogP contribution is 2.60. The van der Waals surface area contributed by atoms with Crippen molar-refractivity contribution in [3.05, 3.63) is 35.4 Å². The summed E-state index contributed by atoms with van der Waals surface area (Å²) >= 11 is 0. The van der Waals surface area contributed by atoms with Gasteiger partial charge in [0.05, 0.1) is 18.2 Å². The molecule has 2 aliphatic heterocycles. The van der Waals surface area contributed by atoms with Gasteiger partial charge in [0.15, 0.2) is 5.96 Å². The van der Waals surface area contributed by atoms with E-state index in [9.17, 15) is 0 Å². The van der Waals surface area contributed by atoms with E-state index in [1.54, 1.807) is 11.1 Å². The number of benzene rings is 1. The van der Waals surface area contributed by atoms with Gasteiger partial charge >= 0.3 is 0 Å². The second-order valence-corrected chi connectivity index (χ2v) is 7.57. The van der Waals surface area contributed by atoms with Crippen LogP contribution in [0.3, 0.4) is 0 Å². The fourth-order valence-corrected chi connectivity index (χ4v) is 5.14. The van der Waals surface area contributed by atoms with Crippen LogP contribution in [0.2, 0.25) is 0 Å². The summed E-state index contributed by atoms with van der Waals surface area (Å²) in [6, 6.07) is 9.40. The Morgan fingerprint density at radius 1 is 1.29 bits per heavy atom. The Labute approximate surface area is 160 Å². The lowest BCUT2D eigenvalue weighted by atomic mass is 9.96. The fraction of sp³-hybridized carbons (Fsp3) is 0.632. The summed E-state index contributed by atoms with van der Waals surface area (Å²) in [6.45, 7) is 1.03. The predicted molar refractivity (Wildman–Crippen MR) is 106 cm³/mol. The Morgan fingerprint density at radius 2 is 2.17 bits per heavy atom. The van der Waals surface area contributed by atoms with Crippen LogP contribution in [-0.2, 0) is 11.2 Å². The van der Waals surface area contributed by atoms with Crippen molar-refractivity contribution in [2.75, 3.05) is 13.6 Å². The molecular formula is C19H26IN3O. The molecule has 0 amide bonds. The van der Waals surface area contributed by atoms with E-state index in [0.717, 1.165) is 36.7 Å². The summed E-state index contributed by atoms with van der Waals surface area (Å²) in [6.07, 6.45) is 5.70. The van der Waals surface area contributed by atoms with Crippen molar-refractivity contribution in [1.82, 2.24) is 10.6 Å². The number of halogens is 1. The summed E-state index contributed by atoms with van der Waals surface area (Å²) in [7, 11) is 1.87. The number of hydrogen-bond acceptors (Lipinski definition) is 2. The second kappa shape index (κ2) is 6.48. The summed E-state index contributed by atoms with van der Waals surface area (Å²) in [5.74, 6) is 3.36. The van der Waals surface area contributed by atoms with Crippen molar-refractivity contribution in [1.29, 1.82) is 0 Å². The number of hydrogen-bond donors (Lipinski definition) is 2. The molecule has 4 aliphatic rings. The maximum atomic E-state index is 5.92. The van der Waals surface area contributed by atoms with Gasteiger partial charge in [0.25, 0.3) is 0 Å². The molecule has 6 unspecified atom stereocenters. The van der Waals surface area contributed by atoms with Gasteiger partial charge in [-0.3, -0.25) is 4.99 Å². The van der Waals surface area contributed by atoms with E-state index in [4.69, 9.17) is 4.74 Å². The number of aliphatic imine (C=N–C) groups is 1. The summed E-state index contributed by atoms with van der Waals surface area (Å²) in [4.78, 5) is 4.41. The van der Waals surface area contributed by atoms with Crippen LogP contribution in [0.5, 0.6) is 0 Å². The molecule has 1 aromatic rings. The molecule has 6 atom stereocenters. The molecule has 0 aromatic heterocycles. The Balaban J connectivity index is 0.00000146. The van der Waals surface area contributed by atoms with Crippen LogP contribution >= 0.6 is 24.0 Å². The minimum atomic E-state index is 0. The van der Waals surface area contributed by atoms with Crippen LogP contribution in [0, 0.1) is 11.8 Å². The van der Waals surface area contributed by atoms with Gasteiger partial charge in [-0.1, -0.05) is 24.3 Å². The minimum Gasteiger partial charge on any atom is -0.373 e.